The van der Waals surface area contributed by atoms with Crippen molar-refractivity contribution in [1.29, 1.82) is 0 Å². The molecule has 2 N–H and O–H groups in total. The van der Waals surface area contributed by atoms with Crippen LogP contribution in [0.1, 0.15) is 33.6 Å². The molecule has 2 fully saturated rings. The van der Waals surface area contributed by atoms with E-state index in [2.05, 4.69) is 20.3 Å². The van der Waals surface area contributed by atoms with Crippen LogP contribution >= 0.6 is 0 Å². The van der Waals surface area contributed by atoms with Gasteiger partial charge in [-0.2, -0.15) is 0 Å². The number of hydrogen-bond donors (Lipinski definition) is 2. The van der Waals surface area contributed by atoms with Crippen molar-refractivity contribution in [3.63, 3.8) is 0 Å². The number of ether oxygens (including phenoxy) is 1. The van der Waals surface area contributed by atoms with Crippen LogP contribution in [0.4, 0.5) is 10.6 Å². The maximum Gasteiger partial charge on any atom is 0.410 e. The summed E-state index contributed by atoms with van der Waals surface area (Å²) >= 11 is 0. The van der Waals surface area contributed by atoms with E-state index >= 15 is 0 Å². The Morgan fingerprint density at radius 2 is 2.04 bits per heavy atom. The topological polar surface area (TPSA) is 83.1 Å². The molecule has 0 bridgehead atoms. The van der Waals surface area contributed by atoms with Crippen molar-refractivity contribution in [3.05, 3.63) is 18.6 Å². The van der Waals surface area contributed by atoms with Gasteiger partial charge in [-0.25, -0.2) is 14.8 Å². The number of nitrogens with one attached hydrogen (secondary N) is 2. The third-order valence-electron chi connectivity index (χ3n) is 5.41. The quantitative estimate of drug-likeness (QED) is 0.881. The van der Waals surface area contributed by atoms with Gasteiger partial charge in [0, 0.05) is 25.8 Å². The van der Waals surface area contributed by atoms with E-state index in [-0.39, 0.29) is 6.09 Å². The largest absolute Gasteiger partial charge is 0.444 e. The molecule has 2 unspecified atom stereocenters. The molecule has 7 nitrogen and oxygen atoms in total. The molecule has 7 heteroatoms. The third-order valence-corrected chi connectivity index (χ3v) is 5.41. The van der Waals surface area contributed by atoms with E-state index in [4.69, 9.17) is 4.74 Å². The SMILES string of the molecule is CC(C)(C)OC(=O)N1CC2CC(CNc3ncnc4[nH]ccc34)CC2C1. The predicted octanol–water partition coefficient (Wildman–Crippen LogP) is 3.26. The first kappa shape index (κ1) is 17.1. The smallest absolute Gasteiger partial charge is 0.410 e. The molecule has 4 rings (SSSR count). The van der Waals surface area contributed by atoms with E-state index < -0.39 is 5.60 Å². The van der Waals surface area contributed by atoms with Gasteiger partial charge >= 0.3 is 6.09 Å². The van der Waals surface area contributed by atoms with Crippen molar-refractivity contribution in [2.45, 2.75) is 39.2 Å². The van der Waals surface area contributed by atoms with Crippen LogP contribution in [0.2, 0.25) is 0 Å². The van der Waals surface area contributed by atoms with Crippen LogP contribution < -0.4 is 5.32 Å². The summed E-state index contributed by atoms with van der Waals surface area (Å²) in [6, 6.07) is 2.00. The lowest BCUT2D eigenvalue weighted by Gasteiger charge is -2.25. The number of aromatic nitrogens is 3. The number of rotatable bonds is 3. The molecule has 0 radical (unpaired) electrons. The van der Waals surface area contributed by atoms with E-state index in [0.717, 1.165) is 49.3 Å². The molecular weight excluding hydrogens is 330 g/mol. The summed E-state index contributed by atoms with van der Waals surface area (Å²) in [5, 5.41) is 4.52. The zero-order chi connectivity index (χ0) is 18.3. The summed E-state index contributed by atoms with van der Waals surface area (Å²) in [6.45, 7) is 8.31. The van der Waals surface area contributed by atoms with E-state index in [1.54, 1.807) is 6.33 Å². The Morgan fingerprint density at radius 1 is 1.31 bits per heavy atom. The Kier molecular flexibility index (Phi) is 4.25. The molecule has 0 aromatic carbocycles. The molecule has 1 aliphatic carbocycles. The van der Waals surface area contributed by atoms with Crippen LogP contribution in [0.15, 0.2) is 18.6 Å². The minimum atomic E-state index is -0.428. The average Bonchev–Trinajstić information content (AvgIpc) is 3.25. The molecule has 3 heterocycles. The number of aromatic amines is 1. The lowest BCUT2D eigenvalue weighted by atomic mass is 10.0. The second-order valence-electron chi connectivity index (χ2n) is 8.59. The zero-order valence-electron chi connectivity index (χ0n) is 15.7. The number of H-pyrrole nitrogens is 1. The first-order valence-electron chi connectivity index (χ1n) is 9.39. The van der Waals surface area contributed by atoms with Gasteiger partial charge in [-0.15, -0.1) is 0 Å². The summed E-state index contributed by atoms with van der Waals surface area (Å²) in [5.41, 5.74) is 0.432. The van der Waals surface area contributed by atoms with Crippen molar-refractivity contribution in [3.8, 4) is 0 Å². The van der Waals surface area contributed by atoms with E-state index in [9.17, 15) is 4.79 Å². The number of carbonyl (C=O) groups excluding carboxylic acids is 1. The predicted molar refractivity (Wildman–Crippen MR) is 99.9 cm³/mol. The number of hydrogen-bond acceptors (Lipinski definition) is 5. The normalized spacial score (nSPS) is 25.5. The van der Waals surface area contributed by atoms with Crippen molar-refractivity contribution in [2.24, 2.45) is 17.8 Å². The molecule has 1 amide bonds. The molecule has 0 spiro atoms. The Labute approximate surface area is 153 Å². The monoisotopic (exact) mass is 357 g/mol. The summed E-state index contributed by atoms with van der Waals surface area (Å²) in [5.74, 6) is 2.69. The van der Waals surface area contributed by atoms with Crippen molar-refractivity contribution < 1.29 is 9.53 Å². The maximum atomic E-state index is 12.3. The van der Waals surface area contributed by atoms with Gasteiger partial charge < -0.3 is 19.9 Å². The maximum absolute atomic E-state index is 12.3. The highest BCUT2D eigenvalue weighted by Crippen LogP contribution is 2.42. The van der Waals surface area contributed by atoms with Crippen molar-refractivity contribution >= 4 is 22.9 Å². The van der Waals surface area contributed by atoms with Gasteiger partial charge in [-0.1, -0.05) is 0 Å². The molecular formula is C19H27N5O2. The van der Waals surface area contributed by atoms with Crippen LogP contribution in [0.25, 0.3) is 11.0 Å². The molecule has 1 aliphatic heterocycles. The van der Waals surface area contributed by atoms with Gasteiger partial charge in [0.15, 0.2) is 0 Å². The van der Waals surface area contributed by atoms with E-state index in [1.807, 2.05) is 37.9 Å². The number of amides is 1. The van der Waals surface area contributed by atoms with E-state index in [1.165, 1.54) is 0 Å². The Hall–Kier alpha value is -2.31. The lowest BCUT2D eigenvalue weighted by molar-refractivity contribution is 0.0278. The summed E-state index contributed by atoms with van der Waals surface area (Å²) in [7, 11) is 0. The molecule has 2 aliphatic rings. The van der Waals surface area contributed by atoms with E-state index in [0.29, 0.717) is 17.8 Å². The first-order valence-corrected chi connectivity index (χ1v) is 9.39. The van der Waals surface area contributed by atoms with Gasteiger partial charge in [0.05, 0.1) is 5.39 Å². The molecule has 2 aromatic rings. The summed E-state index contributed by atoms with van der Waals surface area (Å²) < 4.78 is 5.51. The standard InChI is InChI=1S/C19H27N5O2/c1-19(2,3)26-18(25)24-9-13-6-12(7-14(13)10-24)8-21-17-15-4-5-20-16(15)22-11-23-17/h4-5,11-14H,6-10H2,1-3H3,(H2,20,21,22,23). The number of anilines is 1. The Morgan fingerprint density at radius 3 is 2.73 bits per heavy atom. The van der Waals surface area contributed by atoms with Gasteiger partial charge in [0.2, 0.25) is 0 Å². The second kappa shape index (κ2) is 6.45. The fourth-order valence-electron chi connectivity index (χ4n) is 4.32. The minimum Gasteiger partial charge on any atom is -0.444 e. The highest BCUT2D eigenvalue weighted by atomic mass is 16.6. The fraction of sp³-hybridized carbons (Fsp3) is 0.632. The molecule has 140 valence electrons. The molecule has 1 saturated heterocycles. The number of carbonyl (C=O) groups is 1. The lowest BCUT2D eigenvalue weighted by Crippen LogP contribution is -2.36. The van der Waals surface area contributed by atoms with Gasteiger partial charge in [-0.3, -0.25) is 0 Å². The van der Waals surface area contributed by atoms with Crippen LogP contribution in [-0.4, -0.2) is 51.2 Å². The van der Waals surface area contributed by atoms with Crippen molar-refractivity contribution in [1.82, 2.24) is 19.9 Å². The van der Waals surface area contributed by atoms with Gasteiger partial charge in [0.1, 0.15) is 23.4 Å². The number of fused-ring (bicyclic) bond motifs is 2. The Bertz CT molecular complexity index is 783. The summed E-state index contributed by atoms with van der Waals surface area (Å²) in [6.07, 6.45) is 5.60. The van der Waals surface area contributed by atoms with Crippen molar-refractivity contribution in [2.75, 3.05) is 25.0 Å². The highest BCUT2D eigenvalue weighted by Gasteiger charge is 2.43. The van der Waals surface area contributed by atoms with Crippen LogP contribution in [0.5, 0.6) is 0 Å². The van der Waals surface area contributed by atoms with Crippen LogP contribution in [0.3, 0.4) is 0 Å². The molecule has 26 heavy (non-hydrogen) atoms. The second-order valence-corrected chi connectivity index (χ2v) is 8.59. The van der Waals surface area contributed by atoms with Crippen LogP contribution in [-0.2, 0) is 4.74 Å². The zero-order valence-corrected chi connectivity index (χ0v) is 15.7. The average molecular weight is 357 g/mol. The fourth-order valence-corrected chi connectivity index (χ4v) is 4.32. The molecule has 1 saturated carbocycles. The third kappa shape index (κ3) is 3.48. The van der Waals surface area contributed by atoms with Gasteiger partial charge in [-0.05, 0) is 57.4 Å². The number of likely N-dealkylation sites (tertiary alicyclic amines) is 1. The Balaban J connectivity index is 1.30. The first-order chi connectivity index (χ1) is 12.4. The van der Waals surface area contributed by atoms with Crippen LogP contribution in [0, 0.1) is 17.8 Å². The highest BCUT2D eigenvalue weighted by molar-refractivity contribution is 5.86. The number of nitrogens with zero attached hydrogens (tertiary/aromatic N) is 3. The molecule has 2 atom stereocenters. The minimum absolute atomic E-state index is 0.169. The summed E-state index contributed by atoms with van der Waals surface area (Å²) in [4.78, 5) is 25.8. The molecule has 2 aromatic heterocycles. The van der Waals surface area contributed by atoms with Gasteiger partial charge in [0.25, 0.3) is 0 Å².